The molecule has 0 aliphatic carbocycles. The molecule has 0 aliphatic rings. The summed E-state index contributed by atoms with van der Waals surface area (Å²) in [6, 6.07) is 20.4. The zero-order valence-corrected chi connectivity index (χ0v) is 11.6. The molecule has 3 aromatic carbocycles. The van der Waals surface area contributed by atoms with Gasteiger partial charge in [0.2, 0.25) is 0 Å². The van der Waals surface area contributed by atoms with Crippen molar-refractivity contribution in [1.82, 2.24) is 9.55 Å². The van der Waals surface area contributed by atoms with Crippen LogP contribution in [0.25, 0.3) is 27.4 Å². The van der Waals surface area contributed by atoms with Gasteiger partial charge >= 0.3 is 5.69 Å². The third kappa shape index (κ3) is 1.85. The molecule has 0 saturated heterocycles. The normalized spacial score (nSPS) is 11.1. The van der Waals surface area contributed by atoms with Crippen molar-refractivity contribution in [2.45, 2.75) is 0 Å². The number of fused-ring (bicyclic) bond motifs is 2. The van der Waals surface area contributed by atoms with Crippen LogP contribution in [0.2, 0.25) is 0 Å². The summed E-state index contributed by atoms with van der Waals surface area (Å²) in [5, 5.41) is 2.55. The number of aromatic amines is 1. The first-order valence-electron chi connectivity index (χ1n) is 6.97. The summed E-state index contributed by atoms with van der Waals surface area (Å²) < 4.78 is 1.18. The fourth-order valence-corrected chi connectivity index (χ4v) is 2.71. The maximum Gasteiger partial charge on any atom is 0.333 e. The number of para-hydroxylation sites is 1. The van der Waals surface area contributed by atoms with Gasteiger partial charge in [-0.1, -0.05) is 42.5 Å². The van der Waals surface area contributed by atoms with E-state index < -0.39 is 5.69 Å². The minimum atomic E-state index is -0.431. The van der Waals surface area contributed by atoms with E-state index in [4.69, 9.17) is 0 Å². The van der Waals surface area contributed by atoms with Crippen LogP contribution in [0.15, 0.2) is 76.3 Å². The highest BCUT2D eigenvalue weighted by Gasteiger charge is 2.09. The summed E-state index contributed by atoms with van der Waals surface area (Å²) in [5.41, 5.74) is 0.374. The predicted octanol–water partition coefficient (Wildman–Crippen LogP) is 2.83. The first-order valence-corrected chi connectivity index (χ1v) is 6.97. The Morgan fingerprint density at radius 2 is 1.50 bits per heavy atom. The van der Waals surface area contributed by atoms with E-state index in [1.807, 2.05) is 36.4 Å². The molecule has 0 radical (unpaired) electrons. The SMILES string of the molecule is O=c1[nH]c2ccccc2c(=O)n1-c1ccc2ccccc2c1. The van der Waals surface area contributed by atoms with Gasteiger partial charge < -0.3 is 4.98 Å². The first-order chi connectivity index (χ1) is 10.7. The molecule has 22 heavy (non-hydrogen) atoms. The van der Waals surface area contributed by atoms with Gasteiger partial charge in [-0.3, -0.25) is 4.79 Å². The minimum Gasteiger partial charge on any atom is -0.306 e. The molecule has 1 heterocycles. The van der Waals surface area contributed by atoms with Crippen molar-refractivity contribution in [3.05, 3.63) is 87.6 Å². The average Bonchev–Trinajstić information content (AvgIpc) is 2.55. The molecule has 0 spiro atoms. The lowest BCUT2D eigenvalue weighted by Crippen LogP contribution is -2.33. The molecular weight excluding hydrogens is 276 g/mol. The quantitative estimate of drug-likeness (QED) is 0.585. The highest BCUT2D eigenvalue weighted by atomic mass is 16.2. The van der Waals surface area contributed by atoms with E-state index in [0.29, 0.717) is 16.6 Å². The molecule has 4 rings (SSSR count). The first kappa shape index (κ1) is 12.6. The lowest BCUT2D eigenvalue weighted by molar-refractivity contribution is 0.903. The van der Waals surface area contributed by atoms with Gasteiger partial charge in [0, 0.05) is 0 Å². The Balaban J connectivity index is 2.07. The summed E-state index contributed by atoms with van der Waals surface area (Å²) in [6.07, 6.45) is 0. The molecule has 1 aromatic heterocycles. The number of H-pyrrole nitrogens is 1. The number of hydrogen-bond acceptors (Lipinski definition) is 2. The van der Waals surface area contributed by atoms with Crippen LogP contribution >= 0.6 is 0 Å². The number of nitrogens with one attached hydrogen (secondary N) is 1. The molecule has 4 heteroatoms. The van der Waals surface area contributed by atoms with Crippen molar-refractivity contribution in [3.63, 3.8) is 0 Å². The largest absolute Gasteiger partial charge is 0.333 e. The second-order valence-electron chi connectivity index (χ2n) is 5.15. The smallest absolute Gasteiger partial charge is 0.306 e. The van der Waals surface area contributed by atoms with Gasteiger partial charge in [0.15, 0.2) is 0 Å². The van der Waals surface area contributed by atoms with Gasteiger partial charge in [-0.25, -0.2) is 9.36 Å². The van der Waals surface area contributed by atoms with Crippen LogP contribution in [0.3, 0.4) is 0 Å². The number of nitrogens with zero attached hydrogens (tertiary/aromatic N) is 1. The zero-order valence-electron chi connectivity index (χ0n) is 11.6. The number of rotatable bonds is 1. The Kier molecular flexibility index (Phi) is 2.69. The summed E-state index contributed by atoms with van der Waals surface area (Å²) in [4.78, 5) is 27.7. The van der Waals surface area contributed by atoms with Crippen molar-refractivity contribution in [1.29, 1.82) is 0 Å². The van der Waals surface area contributed by atoms with E-state index in [1.165, 1.54) is 4.57 Å². The fourth-order valence-electron chi connectivity index (χ4n) is 2.71. The molecule has 0 bridgehead atoms. The molecule has 0 atom stereocenters. The van der Waals surface area contributed by atoms with Gasteiger partial charge in [0.1, 0.15) is 0 Å². The number of hydrogen-bond donors (Lipinski definition) is 1. The van der Waals surface area contributed by atoms with E-state index in [-0.39, 0.29) is 5.56 Å². The van der Waals surface area contributed by atoms with Crippen LogP contribution in [-0.4, -0.2) is 9.55 Å². The molecule has 0 saturated carbocycles. The van der Waals surface area contributed by atoms with Crippen molar-refractivity contribution in [2.75, 3.05) is 0 Å². The zero-order chi connectivity index (χ0) is 15.1. The van der Waals surface area contributed by atoms with Gasteiger partial charge in [-0.15, -0.1) is 0 Å². The van der Waals surface area contributed by atoms with Crippen molar-refractivity contribution >= 4 is 21.7 Å². The number of benzene rings is 3. The molecule has 0 fully saturated rings. The van der Waals surface area contributed by atoms with E-state index in [2.05, 4.69) is 4.98 Å². The Hall–Kier alpha value is -3.14. The maximum absolute atomic E-state index is 12.6. The van der Waals surface area contributed by atoms with Crippen molar-refractivity contribution < 1.29 is 0 Å². The highest BCUT2D eigenvalue weighted by Crippen LogP contribution is 2.17. The summed E-state index contributed by atoms with van der Waals surface area (Å²) in [6.45, 7) is 0. The van der Waals surface area contributed by atoms with Crippen LogP contribution in [0.4, 0.5) is 0 Å². The second-order valence-corrected chi connectivity index (χ2v) is 5.15. The van der Waals surface area contributed by atoms with E-state index >= 15 is 0 Å². The maximum atomic E-state index is 12.6. The van der Waals surface area contributed by atoms with E-state index in [1.54, 1.807) is 30.3 Å². The molecule has 0 unspecified atom stereocenters. The van der Waals surface area contributed by atoms with E-state index in [9.17, 15) is 9.59 Å². The molecule has 0 amide bonds. The standard InChI is InChI=1S/C18H12N2O2/c21-17-15-7-3-4-8-16(15)19-18(22)20(17)14-10-9-12-5-1-2-6-13(12)11-14/h1-11H,(H,19,22). The highest BCUT2D eigenvalue weighted by molar-refractivity contribution is 5.84. The van der Waals surface area contributed by atoms with Gasteiger partial charge in [-0.05, 0) is 35.0 Å². The third-order valence-electron chi connectivity index (χ3n) is 3.80. The minimum absolute atomic E-state index is 0.311. The fraction of sp³-hybridized carbons (Fsp3) is 0. The molecular formula is C18H12N2O2. The average molecular weight is 288 g/mol. The lowest BCUT2D eigenvalue weighted by Gasteiger charge is -2.07. The van der Waals surface area contributed by atoms with Crippen LogP contribution in [0.5, 0.6) is 0 Å². The predicted molar refractivity (Wildman–Crippen MR) is 87.7 cm³/mol. The molecule has 4 aromatic rings. The lowest BCUT2D eigenvalue weighted by atomic mass is 10.1. The number of aromatic nitrogens is 2. The topological polar surface area (TPSA) is 54.9 Å². The Morgan fingerprint density at radius 3 is 2.36 bits per heavy atom. The van der Waals surface area contributed by atoms with Crippen LogP contribution in [0.1, 0.15) is 0 Å². The van der Waals surface area contributed by atoms with Gasteiger partial charge in [0.25, 0.3) is 5.56 Å². The van der Waals surface area contributed by atoms with Crippen LogP contribution in [0, 0.1) is 0 Å². The Bertz CT molecular complexity index is 1120. The summed E-state index contributed by atoms with van der Waals surface area (Å²) in [7, 11) is 0. The molecule has 4 nitrogen and oxygen atoms in total. The van der Waals surface area contributed by atoms with Crippen LogP contribution in [-0.2, 0) is 0 Å². The Morgan fingerprint density at radius 1 is 0.773 bits per heavy atom. The molecule has 106 valence electrons. The van der Waals surface area contributed by atoms with Crippen LogP contribution < -0.4 is 11.2 Å². The monoisotopic (exact) mass is 288 g/mol. The molecule has 1 N–H and O–H groups in total. The summed E-state index contributed by atoms with van der Waals surface area (Å²) in [5.74, 6) is 0. The Labute approximate surface area is 125 Å². The second kappa shape index (κ2) is 4.70. The molecule has 0 aliphatic heterocycles. The summed E-state index contributed by atoms with van der Waals surface area (Å²) >= 11 is 0. The van der Waals surface area contributed by atoms with Crippen molar-refractivity contribution in [3.8, 4) is 5.69 Å². The van der Waals surface area contributed by atoms with Gasteiger partial charge in [0.05, 0.1) is 16.6 Å². The van der Waals surface area contributed by atoms with Crippen molar-refractivity contribution in [2.24, 2.45) is 0 Å². The van der Waals surface area contributed by atoms with E-state index in [0.717, 1.165) is 10.8 Å². The van der Waals surface area contributed by atoms with Gasteiger partial charge in [-0.2, -0.15) is 0 Å². The third-order valence-corrected chi connectivity index (χ3v) is 3.80.